The maximum absolute atomic E-state index is 12.0. The molecule has 0 bridgehead atoms. The van der Waals surface area contributed by atoms with Crippen molar-refractivity contribution in [3.63, 3.8) is 0 Å². The number of nitrogens with one attached hydrogen (secondary N) is 2. The zero-order chi connectivity index (χ0) is 15.7. The van der Waals surface area contributed by atoms with E-state index >= 15 is 0 Å². The third-order valence-corrected chi connectivity index (χ3v) is 3.21. The highest BCUT2D eigenvalue weighted by atomic mass is 32.2. The monoisotopic (exact) mass is 307 g/mol. The van der Waals surface area contributed by atoms with Gasteiger partial charge in [-0.2, -0.15) is 5.26 Å². The van der Waals surface area contributed by atoms with E-state index in [1.165, 1.54) is 11.8 Å². The molecule has 21 heavy (non-hydrogen) atoms. The Kier molecular flexibility index (Phi) is 6.77. The molecule has 0 aliphatic heterocycles. The second-order valence-corrected chi connectivity index (χ2v) is 4.81. The Morgan fingerprint density at radius 2 is 1.90 bits per heavy atom. The first kappa shape index (κ1) is 16.5. The number of thioether (sulfide) groups is 1. The van der Waals surface area contributed by atoms with Gasteiger partial charge >= 0.3 is 5.97 Å². The van der Waals surface area contributed by atoms with Crippen LogP contribution in [0.2, 0.25) is 0 Å². The van der Waals surface area contributed by atoms with E-state index < -0.39 is 24.3 Å². The number of aliphatic carboxylic acids is 1. The van der Waals surface area contributed by atoms with Crippen LogP contribution >= 0.6 is 11.8 Å². The van der Waals surface area contributed by atoms with E-state index in [0.717, 1.165) is 0 Å². The van der Waals surface area contributed by atoms with Gasteiger partial charge in [0.15, 0.2) is 0 Å². The van der Waals surface area contributed by atoms with Crippen LogP contribution in [0.5, 0.6) is 0 Å². The summed E-state index contributed by atoms with van der Waals surface area (Å²) in [6, 6.07) is 8.69. The number of hydrogen-bond donors (Lipinski definition) is 3. The van der Waals surface area contributed by atoms with Crippen molar-refractivity contribution in [2.75, 3.05) is 18.8 Å². The van der Waals surface area contributed by atoms with Crippen LogP contribution in [-0.4, -0.2) is 41.7 Å². The highest BCUT2D eigenvalue weighted by molar-refractivity contribution is 7.99. The van der Waals surface area contributed by atoms with Gasteiger partial charge in [-0.3, -0.25) is 14.4 Å². The van der Waals surface area contributed by atoms with E-state index in [1.54, 1.807) is 24.3 Å². The molecule has 0 saturated carbocycles. The van der Waals surface area contributed by atoms with Crippen LogP contribution in [0.3, 0.4) is 0 Å². The Morgan fingerprint density at radius 1 is 1.19 bits per heavy atom. The van der Waals surface area contributed by atoms with Crippen molar-refractivity contribution < 1.29 is 19.5 Å². The summed E-state index contributed by atoms with van der Waals surface area (Å²) >= 11 is 1.22. The normalized spacial score (nSPS) is 9.48. The molecule has 8 heteroatoms. The molecule has 0 aliphatic carbocycles. The molecular formula is C13H13N3O4S. The fraction of sp³-hybridized carbons (Fsp3) is 0.231. The zero-order valence-corrected chi connectivity index (χ0v) is 11.8. The van der Waals surface area contributed by atoms with Crippen molar-refractivity contribution in [2.45, 2.75) is 4.90 Å². The van der Waals surface area contributed by atoms with E-state index in [-0.39, 0.29) is 12.3 Å². The summed E-state index contributed by atoms with van der Waals surface area (Å²) in [5.74, 6) is -1.99. The van der Waals surface area contributed by atoms with E-state index in [1.807, 2.05) is 6.07 Å². The van der Waals surface area contributed by atoms with Crippen LogP contribution in [0.25, 0.3) is 0 Å². The van der Waals surface area contributed by atoms with Crippen LogP contribution < -0.4 is 10.6 Å². The molecule has 0 spiro atoms. The summed E-state index contributed by atoms with van der Waals surface area (Å²) in [5, 5.41) is 21.5. The lowest BCUT2D eigenvalue weighted by Gasteiger charge is -2.08. The lowest BCUT2D eigenvalue weighted by atomic mass is 10.2. The molecule has 1 aromatic carbocycles. The highest BCUT2D eigenvalue weighted by Crippen LogP contribution is 2.21. The van der Waals surface area contributed by atoms with Gasteiger partial charge in [0.05, 0.1) is 23.9 Å². The van der Waals surface area contributed by atoms with Crippen molar-refractivity contribution in [2.24, 2.45) is 0 Å². The first-order valence-electron chi connectivity index (χ1n) is 5.90. The highest BCUT2D eigenvalue weighted by Gasteiger charge is 2.12. The molecule has 1 rings (SSSR count). The Labute approximate surface area is 125 Å². The van der Waals surface area contributed by atoms with E-state index in [0.29, 0.717) is 10.5 Å². The minimum atomic E-state index is -1.16. The largest absolute Gasteiger partial charge is 0.480 e. The molecule has 110 valence electrons. The average molecular weight is 307 g/mol. The molecule has 3 N–H and O–H groups in total. The SMILES string of the molecule is N#CCSc1ccccc1C(=O)NCC(=O)NCC(=O)O. The van der Waals surface area contributed by atoms with Gasteiger partial charge in [-0.25, -0.2) is 0 Å². The van der Waals surface area contributed by atoms with Crippen molar-refractivity contribution in [3.05, 3.63) is 29.8 Å². The minimum absolute atomic E-state index is 0.212. The third kappa shape index (κ3) is 5.97. The molecule has 0 atom stereocenters. The second-order valence-electron chi connectivity index (χ2n) is 3.80. The Hall–Kier alpha value is -2.53. The number of carbonyl (C=O) groups excluding carboxylic acids is 2. The van der Waals surface area contributed by atoms with Crippen LogP contribution in [0, 0.1) is 11.3 Å². The summed E-state index contributed by atoms with van der Waals surface area (Å²) in [6.45, 7) is -0.813. The molecule has 0 heterocycles. The molecule has 0 radical (unpaired) electrons. The number of carbonyl (C=O) groups is 3. The molecule has 0 fully saturated rings. The summed E-state index contributed by atoms with van der Waals surface area (Å²) < 4.78 is 0. The molecule has 0 aliphatic rings. The zero-order valence-electron chi connectivity index (χ0n) is 11.0. The first-order valence-corrected chi connectivity index (χ1v) is 6.88. The lowest BCUT2D eigenvalue weighted by Crippen LogP contribution is -2.39. The standard InChI is InChI=1S/C13H13N3O4S/c14-5-6-21-10-4-2-1-3-9(10)13(20)16-7-11(17)15-8-12(18)19/h1-4H,6-8H2,(H,15,17)(H,16,20)(H,18,19). The third-order valence-electron chi connectivity index (χ3n) is 2.27. The summed E-state index contributed by atoms with van der Waals surface area (Å²) in [5.41, 5.74) is 0.365. The fourth-order valence-electron chi connectivity index (χ4n) is 1.38. The number of nitriles is 1. The first-order chi connectivity index (χ1) is 10.0. The van der Waals surface area contributed by atoms with Crippen molar-refractivity contribution in [1.29, 1.82) is 5.26 Å². The Morgan fingerprint density at radius 3 is 2.57 bits per heavy atom. The number of carboxylic acid groups (broad SMARTS) is 1. The van der Waals surface area contributed by atoms with Crippen LogP contribution in [0.4, 0.5) is 0 Å². The minimum Gasteiger partial charge on any atom is -0.480 e. The van der Waals surface area contributed by atoms with E-state index in [2.05, 4.69) is 10.6 Å². The maximum Gasteiger partial charge on any atom is 0.322 e. The van der Waals surface area contributed by atoms with Crippen molar-refractivity contribution in [3.8, 4) is 6.07 Å². The number of amides is 2. The van der Waals surface area contributed by atoms with Crippen molar-refractivity contribution in [1.82, 2.24) is 10.6 Å². The number of rotatable bonds is 7. The molecule has 0 unspecified atom stereocenters. The summed E-state index contributed by atoms with van der Waals surface area (Å²) in [4.78, 5) is 34.2. The van der Waals surface area contributed by atoms with Crippen molar-refractivity contribution >= 4 is 29.5 Å². The van der Waals surface area contributed by atoms with Gasteiger partial charge in [-0.15, -0.1) is 11.8 Å². The molecule has 0 saturated heterocycles. The van der Waals surface area contributed by atoms with Crippen LogP contribution in [-0.2, 0) is 9.59 Å². The summed E-state index contributed by atoms with van der Waals surface area (Å²) in [7, 11) is 0. The predicted molar refractivity (Wildman–Crippen MR) is 75.8 cm³/mol. The number of hydrogen-bond acceptors (Lipinski definition) is 5. The number of carboxylic acids is 1. The average Bonchev–Trinajstić information content (AvgIpc) is 2.48. The number of nitrogens with zero attached hydrogens (tertiary/aromatic N) is 1. The maximum atomic E-state index is 12.0. The Bertz CT molecular complexity index is 583. The van der Waals surface area contributed by atoms with Gasteiger partial charge in [0.1, 0.15) is 6.54 Å². The Balaban J connectivity index is 2.58. The van der Waals surface area contributed by atoms with Gasteiger partial charge in [0, 0.05) is 4.90 Å². The van der Waals surface area contributed by atoms with Gasteiger partial charge < -0.3 is 15.7 Å². The molecule has 1 aromatic rings. The van der Waals surface area contributed by atoms with Crippen LogP contribution in [0.15, 0.2) is 29.2 Å². The lowest BCUT2D eigenvalue weighted by molar-refractivity contribution is -0.137. The predicted octanol–water partition coefficient (Wildman–Crippen LogP) is 0.233. The molecule has 7 nitrogen and oxygen atoms in total. The van der Waals surface area contributed by atoms with E-state index in [9.17, 15) is 14.4 Å². The van der Waals surface area contributed by atoms with Gasteiger partial charge in [-0.05, 0) is 12.1 Å². The number of benzene rings is 1. The smallest absolute Gasteiger partial charge is 0.322 e. The van der Waals surface area contributed by atoms with E-state index in [4.69, 9.17) is 10.4 Å². The van der Waals surface area contributed by atoms with Gasteiger partial charge in [-0.1, -0.05) is 12.1 Å². The quantitative estimate of drug-likeness (QED) is 0.620. The topological polar surface area (TPSA) is 119 Å². The molecule has 2 amide bonds. The molecular weight excluding hydrogens is 294 g/mol. The van der Waals surface area contributed by atoms with Gasteiger partial charge in [0.2, 0.25) is 5.91 Å². The van der Waals surface area contributed by atoms with Gasteiger partial charge in [0.25, 0.3) is 5.91 Å². The summed E-state index contributed by atoms with van der Waals surface area (Å²) in [6.07, 6.45) is 0. The fourth-order valence-corrected chi connectivity index (χ4v) is 2.09. The van der Waals surface area contributed by atoms with Crippen LogP contribution in [0.1, 0.15) is 10.4 Å². The second kappa shape index (κ2) is 8.60. The molecule has 0 aromatic heterocycles.